The lowest BCUT2D eigenvalue weighted by atomic mass is 10.0. The molecule has 154 valence electrons. The van der Waals surface area contributed by atoms with E-state index in [1.165, 1.54) is 33.4 Å². The molecule has 3 heteroatoms. The Balaban J connectivity index is 2.21. The van der Waals surface area contributed by atoms with Gasteiger partial charge in [-0.25, -0.2) is 0 Å². The molecule has 0 aliphatic heterocycles. The van der Waals surface area contributed by atoms with E-state index in [0.717, 1.165) is 0 Å². The molecule has 0 heterocycles. The first-order valence-electron chi connectivity index (χ1n) is 10.7. The molecule has 1 atom stereocenters. The lowest BCUT2D eigenvalue weighted by molar-refractivity contribution is 0.358. The first-order chi connectivity index (χ1) is 13.7. The molecule has 0 fully saturated rings. The van der Waals surface area contributed by atoms with Crippen molar-refractivity contribution >= 4 is 15.2 Å². The van der Waals surface area contributed by atoms with Crippen LogP contribution in [0, 0.1) is 0 Å². The van der Waals surface area contributed by atoms with Crippen molar-refractivity contribution in [3.63, 3.8) is 0 Å². The lowest BCUT2D eigenvalue weighted by Gasteiger charge is -2.50. The van der Waals surface area contributed by atoms with Gasteiger partial charge in [0, 0.05) is 11.8 Å². The van der Waals surface area contributed by atoms with Crippen LogP contribution in [0.4, 0.5) is 0 Å². The van der Waals surface area contributed by atoms with Crippen molar-refractivity contribution in [1.82, 2.24) is 0 Å². The van der Waals surface area contributed by atoms with E-state index in [1.54, 1.807) is 0 Å². The number of allylic oxidation sites excluding steroid dienone is 4. The third-order valence-corrected chi connectivity index (χ3v) is 26.9. The van der Waals surface area contributed by atoms with Crippen LogP contribution in [0.5, 0.6) is 0 Å². The van der Waals surface area contributed by atoms with Crippen molar-refractivity contribution in [2.45, 2.75) is 58.4 Å². The standard InChI is InChI=1S/C26H36OSi2/c1-19-20(2)22(4)25(21(19)3)29(7,18-27)28(5,6)26(23-14-10-8-11-15-23)24-16-12-9-13-17-24/h8-17,25-27H,18H2,1-7H3. The van der Waals surface area contributed by atoms with Gasteiger partial charge < -0.3 is 5.11 Å². The Morgan fingerprint density at radius 1 is 0.724 bits per heavy atom. The average molecular weight is 421 g/mol. The van der Waals surface area contributed by atoms with Crippen LogP contribution in [0.3, 0.4) is 0 Å². The van der Waals surface area contributed by atoms with E-state index < -0.39 is 15.2 Å². The van der Waals surface area contributed by atoms with Crippen LogP contribution in [0.2, 0.25) is 25.2 Å². The van der Waals surface area contributed by atoms with Crippen LogP contribution < -0.4 is 0 Å². The molecule has 2 aromatic rings. The van der Waals surface area contributed by atoms with E-state index in [2.05, 4.69) is 108 Å². The SMILES string of the molecule is CC1=C(C)C([Si](C)(CO)[Si](C)(C)C(c2ccccc2)c2ccccc2)C(C)=C1C. The minimum atomic E-state index is -2.08. The van der Waals surface area contributed by atoms with Gasteiger partial charge in [0.05, 0.1) is 15.2 Å². The van der Waals surface area contributed by atoms with Gasteiger partial charge in [0.1, 0.15) is 0 Å². The van der Waals surface area contributed by atoms with Crippen molar-refractivity contribution in [3.8, 4) is 0 Å². The average Bonchev–Trinajstić information content (AvgIpc) is 2.92. The van der Waals surface area contributed by atoms with Gasteiger partial charge >= 0.3 is 0 Å². The van der Waals surface area contributed by atoms with Crippen molar-refractivity contribution < 1.29 is 5.11 Å². The van der Waals surface area contributed by atoms with Crippen molar-refractivity contribution in [2.24, 2.45) is 0 Å². The van der Waals surface area contributed by atoms with E-state index in [4.69, 9.17) is 0 Å². The van der Waals surface area contributed by atoms with Crippen LogP contribution >= 0.6 is 0 Å². The Kier molecular flexibility index (Phi) is 6.23. The third kappa shape index (κ3) is 3.54. The Labute approximate surface area is 179 Å². The number of rotatable bonds is 6. The highest BCUT2D eigenvalue weighted by Gasteiger charge is 2.56. The normalized spacial score (nSPS) is 18.0. The fraction of sp³-hybridized carbons (Fsp3) is 0.385. The molecule has 0 aromatic heterocycles. The van der Waals surface area contributed by atoms with E-state index in [1.807, 2.05) is 0 Å². The summed E-state index contributed by atoms with van der Waals surface area (Å²) in [6.45, 7) is 16.7. The maximum absolute atomic E-state index is 11.0. The predicted molar refractivity (Wildman–Crippen MR) is 131 cm³/mol. The molecule has 0 saturated carbocycles. The van der Waals surface area contributed by atoms with E-state index in [0.29, 0.717) is 17.3 Å². The molecule has 1 N–H and O–H groups in total. The molecule has 0 radical (unpaired) electrons. The number of aliphatic hydroxyl groups is 1. The van der Waals surface area contributed by atoms with Crippen molar-refractivity contribution in [1.29, 1.82) is 0 Å². The molecule has 1 aliphatic rings. The minimum absolute atomic E-state index is 0.350. The van der Waals surface area contributed by atoms with Crippen LogP contribution in [-0.4, -0.2) is 26.5 Å². The second kappa shape index (κ2) is 8.21. The summed E-state index contributed by atoms with van der Waals surface area (Å²) in [7, 11) is -4.03. The highest BCUT2D eigenvalue weighted by atomic mass is 29.3. The van der Waals surface area contributed by atoms with Gasteiger partial charge in [-0.2, -0.15) is 0 Å². The molecule has 1 aliphatic carbocycles. The fourth-order valence-corrected chi connectivity index (χ4v) is 19.7. The van der Waals surface area contributed by atoms with Crippen LogP contribution in [0.15, 0.2) is 83.0 Å². The molecule has 0 spiro atoms. The zero-order valence-electron chi connectivity index (χ0n) is 19.1. The number of benzene rings is 2. The summed E-state index contributed by atoms with van der Waals surface area (Å²) < 4.78 is 0. The first-order valence-corrected chi connectivity index (χ1v) is 17.6. The first kappa shape index (κ1) is 22.0. The number of hydrogen-bond acceptors (Lipinski definition) is 1. The van der Waals surface area contributed by atoms with Gasteiger partial charge in [-0.15, -0.1) is 0 Å². The summed E-state index contributed by atoms with van der Waals surface area (Å²) in [5.74, 6) is 0. The Hall–Kier alpha value is -1.69. The molecule has 2 aromatic carbocycles. The van der Waals surface area contributed by atoms with E-state index >= 15 is 0 Å². The molecule has 0 saturated heterocycles. The summed E-state index contributed by atoms with van der Waals surface area (Å²) in [5, 5.41) is 11.0. The summed E-state index contributed by atoms with van der Waals surface area (Å²) in [5.41, 5.74) is 9.53. The fourth-order valence-electron chi connectivity index (χ4n) is 5.62. The zero-order valence-corrected chi connectivity index (χ0v) is 21.1. The molecular formula is C26H36OSi2. The summed E-state index contributed by atoms with van der Waals surface area (Å²) in [4.78, 5) is 0. The summed E-state index contributed by atoms with van der Waals surface area (Å²) >= 11 is 0. The molecule has 0 amide bonds. The maximum atomic E-state index is 11.0. The van der Waals surface area contributed by atoms with Gasteiger partial charge in [0.25, 0.3) is 0 Å². The largest absolute Gasteiger partial charge is 0.400 e. The Morgan fingerprint density at radius 2 is 1.10 bits per heavy atom. The van der Waals surface area contributed by atoms with Gasteiger partial charge in [-0.05, 0) is 55.5 Å². The predicted octanol–water partition coefficient (Wildman–Crippen LogP) is 6.81. The Morgan fingerprint density at radius 3 is 1.45 bits per heavy atom. The van der Waals surface area contributed by atoms with Gasteiger partial charge in [0.15, 0.2) is 0 Å². The van der Waals surface area contributed by atoms with Crippen molar-refractivity contribution in [3.05, 3.63) is 94.1 Å². The maximum Gasteiger partial charge on any atom is 0.0866 e. The third-order valence-electron chi connectivity index (χ3n) is 8.04. The lowest BCUT2D eigenvalue weighted by Crippen LogP contribution is -2.66. The molecule has 0 bridgehead atoms. The highest BCUT2D eigenvalue weighted by Crippen LogP contribution is 2.52. The van der Waals surface area contributed by atoms with E-state index in [-0.39, 0.29) is 0 Å². The number of aliphatic hydroxyl groups excluding tert-OH is 1. The van der Waals surface area contributed by atoms with Crippen LogP contribution in [-0.2, 0) is 0 Å². The molecular weight excluding hydrogens is 384 g/mol. The molecule has 29 heavy (non-hydrogen) atoms. The quantitative estimate of drug-likeness (QED) is 0.509. The smallest absolute Gasteiger partial charge is 0.0866 e. The molecule has 1 nitrogen and oxygen atoms in total. The highest BCUT2D eigenvalue weighted by molar-refractivity contribution is 7.42. The van der Waals surface area contributed by atoms with Crippen LogP contribution in [0.25, 0.3) is 0 Å². The molecule has 1 unspecified atom stereocenters. The van der Waals surface area contributed by atoms with Gasteiger partial charge in [0.2, 0.25) is 0 Å². The number of hydrogen-bond donors (Lipinski definition) is 1. The second-order valence-corrected chi connectivity index (χ2v) is 24.6. The summed E-state index contributed by atoms with van der Waals surface area (Å²) in [6.07, 6.45) is 0.350. The zero-order chi connectivity index (χ0) is 21.4. The van der Waals surface area contributed by atoms with Crippen molar-refractivity contribution in [2.75, 3.05) is 6.23 Å². The topological polar surface area (TPSA) is 20.2 Å². The minimum Gasteiger partial charge on any atom is -0.400 e. The van der Waals surface area contributed by atoms with Crippen LogP contribution in [0.1, 0.15) is 44.4 Å². The van der Waals surface area contributed by atoms with Gasteiger partial charge in [-0.3, -0.25) is 0 Å². The monoisotopic (exact) mass is 420 g/mol. The molecule has 3 rings (SSSR count). The second-order valence-electron chi connectivity index (χ2n) is 9.60. The summed E-state index contributed by atoms with van der Waals surface area (Å²) in [6, 6.07) is 22.0. The van der Waals surface area contributed by atoms with E-state index in [9.17, 15) is 5.11 Å². The van der Waals surface area contributed by atoms with Gasteiger partial charge in [-0.1, -0.05) is 91.5 Å². The Bertz CT molecular complexity index is 864.